The minimum Gasteiger partial charge on any atom is -0.494 e. The Bertz CT molecular complexity index is 210. The summed E-state index contributed by atoms with van der Waals surface area (Å²) < 4.78 is 10.3. The smallest absolute Gasteiger partial charge is 0.302 e. The molecule has 1 heterocycles. The summed E-state index contributed by atoms with van der Waals surface area (Å²) in [6.45, 7) is 5.99. The van der Waals surface area contributed by atoms with E-state index in [0.29, 0.717) is 18.4 Å². The Kier molecular flexibility index (Phi) is 3.34. The summed E-state index contributed by atoms with van der Waals surface area (Å²) in [5.41, 5.74) is 0. The molecular formula is C10H16O3. The van der Waals surface area contributed by atoms with Gasteiger partial charge in [-0.15, -0.1) is 0 Å². The van der Waals surface area contributed by atoms with Gasteiger partial charge in [0.15, 0.2) is 0 Å². The van der Waals surface area contributed by atoms with E-state index in [0.717, 1.165) is 0 Å². The lowest BCUT2D eigenvalue weighted by Crippen LogP contribution is -2.32. The predicted octanol–water partition coefficient (Wildman–Crippen LogP) is 1.73. The first-order chi connectivity index (χ1) is 6.11. The number of carbonyl (C=O) groups excluding carboxylic acids is 1. The van der Waals surface area contributed by atoms with E-state index < -0.39 is 0 Å². The molecular weight excluding hydrogens is 168 g/mol. The standard InChI is InChI=1S/C10H16O3/c1-7-4-5-12-10(8(7)2)6-13-9(3)11/h4-5,7-8,10H,6H2,1-3H3/t7-,8+,10-/m1/s1. The molecule has 0 saturated carbocycles. The van der Waals surface area contributed by atoms with Gasteiger partial charge in [-0.05, 0) is 12.0 Å². The van der Waals surface area contributed by atoms with Gasteiger partial charge in [-0.2, -0.15) is 0 Å². The van der Waals surface area contributed by atoms with Gasteiger partial charge in [0.1, 0.15) is 12.7 Å². The van der Waals surface area contributed by atoms with Crippen molar-refractivity contribution in [1.29, 1.82) is 0 Å². The van der Waals surface area contributed by atoms with Gasteiger partial charge in [0.25, 0.3) is 0 Å². The Balaban J connectivity index is 2.42. The molecule has 0 aromatic rings. The monoisotopic (exact) mass is 184 g/mol. The average Bonchev–Trinajstić information content (AvgIpc) is 2.07. The van der Waals surface area contributed by atoms with Crippen LogP contribution in [-0.4, -0.2) is 18.7 Å². The molecule has 0 amide bonds. The number of allylic oxidation sites excluding steroid dienone is 1. The summed E-state index contributed by atoms with van der Waals surface area (Å²) in [5.74, 6) is 0.622. The molecule has 1 aliphatic rings. The van der Waals surface area contributed by atoms with Crippen LogP contribution in [0.3, 0.4) is 0 Å². The van der Waals surface area contributed by atoms with Crippen LogP contribution in [0.25, 0.3) is 0 Å². The third kappa shape index (κ3) is 2.76. The van der Waals surface area contributed by atoms with Gasteiger partial charge in [-0.25, -0.2) is 0 Å². The second-order valence-electron chi connectivity index (χ2n) is 3.52. The molecule has 3 heteroatoms. The fourth-order valence-electron chi connectivity index (χ4n) is 1.30. The molecule has 0 unspecified atom stereocenters. The van der Waals surface area contributed by atoms with E-state index in [9.17, 15) is 4.79 Å². The maximum Gasteiger partial charge on any atom is 0.302 e. The van der Waals surface area contributed by atoms with Crippen molar-refractivity contribution in [3.63, 3.8) is 0 Å². The lowest BCUT2D eigenvalue weighted by molar-refractivity contribution is -0.145. The number of rotatable bonds is 2. The molecule has 0 aromatic heterocycles. The quantitative estimate of drug-likeness (QED) is 0.613. The zero-order valence-electron chi connectivity index (χ0n) is 8.32. The van der Waals surface area contributed by atoms with Gasteiger partial charge >= 0.3 is 5.97 Å². The Labute approximate surface area is 78.7 Å². The molecule has 0 bridgehead atoms. The zero-order valence-corrected chi connectivity index (χ0v) is 8.32. The fraction of sp³-hybridized carbons (Fsp3) is 0.700. The van der Waals surface area contributed by atoms with Crippen LogP contribution >= 0.6 is 0 Å². The summed E-state index contributed by atoms with van der Waals surface area (Å²) >= 11 is 0. The highest BCUT2D eigenvalue weighted by Gasteiger charge is 2.26. The third-order valence-electron chi connectivity index (χ3n) is 2.50. The lowest BCUT2D eigenvalue weighted by Gasteiger charge is -2.29. The van der Waals surface area contributed by atoms with E-state index in [-0.39, 0.29) is 12.1 Å². The maximum absolute atomic E-state index is 10.6. The zero-order chi connectivity index (χ0) is 9.84. The first-order valence-corrected chi connectivity index (χ1v) is 4.56. The molecule has 13 heavy (non-hydrogen) atoms. The Morgan fingerprint density at radius 2 is 2.23 bits per heavy atom. The van der Waals surface area contributed by atoms with Gasteiger partial charge in [0, 0.05) is 12.8 Å². The van der Waals surface area contributed by atoms with Crippen molar-refractivity contribution in [3.8, 4) is 0 Å². The van der Waals surface area contributed by atoms with Gasteiger partial charge in [-0.1, -0.05) is 13.8 Å². The van der Waals surface area contributed by atoms with Crippen molar-refractivity contribution in [2.45, 2.75) is 26.9 Å². The highest BCUT2D eigenvalue weighted by molar-refractivity contribution is 5.65. The Morgan fingerprint density at radius 1 is 1.54 bits per heavy atom. The van der Waals surface area contributed by atoms with Crippen LogP contribution in [0.4, 0.5) is 0 Å². The van der Waals surface area contributed by atoms with E-state index >= 15 is 0 Å². The maximum atomic E-state index is 10.6. The lowest BCUT2D eigenvalue weighted by atomic mass is 9.89. The van der Waals surface area contributed by atoms with Gasteiger partial charge in [-0.3, -0.25) is 4.79 Å². The Morgan fingerprint density at radius 3 is 2.85 bits per heavy atom. The number of ether oxygens (including phenoxy) is 2. The van der Waals surface area contributed by atoms with Crippen molar-refractivity contribution < 1.29 is 14.3 Å². The van der Waals surface area contributed by atoms with Gasteiger partial charge in [0.05, 0.1) is 6.26 Å². The Hall–Kier alpha value is -0.990. The summed E-state index contributed by atoms with van der Waals surface area (Å²) in [6, 6.07) is 0. The van der Waals surface area contributed by atoms with Crippen LogP contribution in [0.1, 0.15) is 20.8 Å². The molecule has 0 radical (unpaired) electrons. The van der Waals surface area contributed by atoms with Crippen molar-refractivity contribution in [2.75, 3.05) is 6.61 Å². The normalized spacial score (nSPS) is 32.4. The molecule has 0 aromatic carbocycles. The van der Waals surface area contributed by atoms with E-state index in [1.165, 1.54) is 6.92 Å². The van der Waals surface area contributed by atoms with E-state index in [2.05, 4.69) is 13.8 Å². The molecule has 0 N–H and O–H groups in total. The molecule has 74 valence electrons. The molecule has 0 saturated heterocycles. The van der Waals surface area contributed by atoms with E-state index in [1.807, 2.05) is 6.08 Å². The first-order valence-electron chi connectivity index (χ1n) is 4.56. The molecule has 0 spiro atoms. The van der Waals surface area contributed by atoms with Gasteiger partial charge < -0.3 is 9.47 Å². The molecule has 1 aliphatic heterocycles. The summed E-state index contributed by atoms with van der Waals surface area (Å²) in [5, 5.41) is 0. The third-order valence-corrected chi connectivity index (χ3v) is 2.50. The molecule has 1 rings (SSSR count). The molecule has 3 nitrogen and oxygen atoms in total. The van der Waals surface area contributed by atoms with Crippen molar-refractivity contribution in [1.82, 2.24) is 0 Å². The second-order valence-corrected chi connectivity index (χ2v) is 3.52. The SMILES string of the molecule is CC(=O)OC[C@H]1OC=C[C@@H](C)[C@@H]1C. The van der Waals surface area contributed by atoms with Crippen LogP contribution in [0.5, 0.6) is 0 Å². The van der Waals surface area contributed by atoms with Crippen LogP contribution < -0.4 is 0 Å². The highest BCUT2D eigenvalue weighted by atomic mass is 16.6. The molecule has 3 atom stereocenters. The number of esters is 1. The minimum absolute atomic E-state index is 0.00361. The van der Waals surface area contributed by atoms with Crippen molar-refractivity contribution >= 4 is 5.97 Å². The van der Waals surface area contributed by atoms with Crippen LogP contribution in [0.15, 0.2) is 12.3 Å². The summed E-state index contributed by atoms with van der Waals surface area (Å²) in [4.78, 5) is 10.6. The topological polar surface area (TPSA) is 35.5 Å². The van der Waals surface area contributed by atoms with Crippen LogP contribution in [-0.2, 0) is 14.3 Å². The number of hydrogen-bond donors (Lipinski definition) is 0. The van der Waals surface area contributed by atoms with Gasteiger partial charge in [0.2, 0.25) is 0 Å². The molecule has 0 aliphatic carbocycles. The minimum atomic E-state index is -0.252. The largest absolute Gasteiger partial charge is 0.494 e. The first kappa shape index (κ1) is 10.1. The fourth-order valence-corrected chi connectivity index (χ4v) is 1.30. The predicted molar refractivity (Wildman–Crippen MR) is 49.0 cm³/mol. The summed E-state index contributed by atoms with van der Waals surface area (Å²) in [7, 11) is 0. The molecule has 0 fully saturated rings. The number of hydrogen-bond acceptors (Lipinski definition) is 3. The number of carbonyl (C=O) groups is 1. The van der Waals surface area contributed by atoms with E-state index in [1.54, 1.807) is 6.26 Å². The van der Waals surface area contributed by atoms with Crippen LogP contribution in [0, 0.1) is 11.8 Å². The van der Waals surface area contributed by atoms with Crippen LogP contribution in [0.2, 0.25) is 0 Å². The highest BCUT2D eigenvalue weighted by Crippen LogP contribution is 2.23. The second kappa shape index (κ2) is 4.30. The van der Waals surface area contributed by atoms with Crippen molar-refractivity contribution in [3.05, 3.63) is 12.3 Å². The van der Waals surface area contributed by atoms with E-state index in [4.69, 9.17) is 9.47 Å². The summed E-state index contributed by atoms with van der Waals surface area (Å²) in [6.07, 6.45) is 3.72. The average molecular weight is 184 g/mol. The van der Waals surface area contributed by atoms with Crippen molar-refractivity contribution in [2.24, 2.45) is 11.8 Å².